The number of nitrogens with one attached hydrogen (secondary N) is 1. The van der Waals surface area contributed by atoms with Crippen molar-refractivity contribution in [3.05, 3.63) is 29.8 Å². The van der Waals surface area contributed by atoms with Crippen molar-refractivity contribution in [2.75, 3.05) is 11.0 Å². The summed E-state index contributed by atoms with van der Waals surface area (Å²) in [6.45, 7) is 5.54. The fourth-order valence-electron chi connectivity index (χ4n) is 1.87. The first kappa shape index (κ1) is 19.2. The van der Waals surface area contributed by atoms with Gasteiger partial charge in [0.15, 0.2) is 6.10 Å². The zero-order valence-electron chi connectivity index (χ0n) is 13.8. The maximum absolute atomic E-state index is 12.2. The summed E-state index contributed by atoms with van der Waals surface area (Å²) >= 11 is 0. The van der Waals surface area contributed by atoms with Crippen molar-refractivity contribution < 1.29 is 22.7 Å². The topological polar surface area (TPSA) is 89.5 Å². The average molecular weight is 341 g/mol. The zero-order chi connectivity index (χ0) is 17.6. The van der Waals surface area contributed by atoms with Crippen molar-refractivity contribution in [3.8, 4) is 0 Å². The number of sulfonamides is 1. The van der Waals surface area contributed by atoms with Gasteiger partial charge in [-0.1, -0.05) is 13.8 Å². The Morgan fingerprint density at radius 1 is 1.13 bits per heavy atom. The third kappa shape index (κ3) is 7.27. The molecule has 0 aliphatic rings. The normalized spacial score (nSPS) is 12.7. The van der Waals surface area contributed by atoms with E-state index in [9.17, 15) is 18.0 Å². The van der Waals surface area contributed by atoms with Crippen LogP contribution in [0.2, 0.25) is 0 Å². The summed E-state index contributed by atoms with van der Waals surface area (Å²) < 4.78 is 29.7. The molecule has 0 saturated carbocycles. The Morgan fingerprint density at radius 3 is 2.17 bits per heavy atom. The van der Waals surface area contributed by atoms with Gasteiger partial charge in [0.2, 0.25) is 15.8 Å². The van der Waals surface area contributed by atoms with E-state index in [1.165, 1.54) is 31.2 Å². The smallest absolute Gasteiger partial charge is 0.306 e. The van der Waals surface area contributed by atoms with E-state index >= 15 is 0 Å². The van der Waals surface area contributed by atoms with Gasteiger partial charge in [0.25, 0.3) is 0 Å². The molecule has 0 heterocycles. The molecule has 1 aromatic rings. The van der Waals surface area contributed by atoms with E-state index in [2.05, 4.69) is 4.72 Å². The number of ketones is 1. The molecule has 0 radical (unpaired) electrons. The van der Waals surface area contributed by atoms with Gasteiger partial charge in [0.05, 0.1) is 6.26 Å². The van der Waals surface area contributed by atoms with Crippen molar-refractivity contribution in [2.24, 2.45) is 5.92 Å². The summed E-state index contributed by atoms with van der Waals surface area (Å²) in [5.74, 6) is -0.327. The lowest BCUT2D eigenvalue weighted by molar-refractivity contribution is -0.146. The molecule has 1 N–H and O–H groups in total. The number of carbonyl (C=O) groups excluding carboxylic acids is 2. The monoisotopic (exact) mass is 341 g/mol. The van der Waals surface area contributed by atoms with Crippen LogP contribution in [0.5, 0.6) is 0 Å². The Balaban J connectivity index is 2.64. The lowest BCUT2D eigenvalue weighted by Crippen LogP contribution is -2.24. The lowest BCUT2D eigenvalue weighted by Gasteiger charge is -2.13. The second-order valence-electron chi connectivity index (χ2n) is 5.88. The predicted molar refractivity (Wildman–Crippen MR) is 88.9 cm³/mol. The van der Waals surface area contributed by atoms with Crippen LogP contribution in [-0.2, 0) is 19.6 Å². The first-order valence-electron chi connectivity index (χ1n) is 7.40. The van der Waals surface area contributed by atoms with Gasteiger partial charge < -0.3 is 4.74 Å². The van der Waals surface area contributed by atoms with Crippen LogP contribution in [0.25, 0.3) is 0 Å². The minimum atomic E-state index is -3.36. The number of esters is 1. The van der Waals surface area contributed by atoms with E-state index in [0.717, 1.165) is 6.26 Å². The fraction of sp³-hybridized carbons (Fsp3) is 0.500. The maximum Gasteiger partial charge on any atom is 0.306 e. The van der Waals surface area contributed by atoms with Crippen LogP contribution >= 0.6 is 0 Å². The fourth-order valence-corrected chi connectivity index (χ4v) is 2.43. The SMILES string of the molecule is CC(C)CCC(=O)O[C@H](C)C(=O)c1ccc(NS(C)(=O)=O)cc1. The van der Waals surface area contributed by atoms with Gasteiger partial charge in [0, 0.05) is 17.7 Å². The Bertz CT molecular complexity index is 650. The Kier molecular flexibility index (Phi) is 6.75. The molecule has 0 fully saturated rings. The minimum Gasteiger partial charge on any atom is -0.454 e. The molecule has 0 saturated heterocycles. The van der Waals surface area contributed by atoms with Crippen LogP contribution in [-0.4, -0.2) is 32.5 Å². The second kappa shape index (κ2) is 8.10. The molecule has 7 heteroatoms. The van der Waals surface area contributed by atoms with Crippen molar-refractivity contribution in [1.29, 1.82) is 0 Å². The number of carbonyl (C=O) groups is 2. The van der Waals surface area contributed by atoms with Gasteiger partial charge in [-0.05, 0) is 43.5 Å². The first-order chi connectivity index (χ1) is 10.6. The van der Waals surface area contributed by atoms with Gasteiger partial charge in [-0.3, -0.25) is 14.3 Å². The van der Waals surface area contributed by atoms with Gasteiger partial charge in [-0.2, -0.15) is 0 Å². The molecule has 0 bridgehead atoms. The van der Waals surface area contributed by atoms with E-state index in [1.54, 1.807) is 0 Å². The first-order valence-corrected chi connectivity index (χ1v) is 9.29. The van der Waals surface area contributed by atoms with Crippen molar-refractivity contribution in [2.45, 2.75) is 39.7 Å². The van der Waals surface area contributed by atoms with Crippen molar-refractivity contribution in [1.82, 2.24) is 0 Å². The van der Waals surface area contributed by atoms with Gasteiger partial charge in [-0.15, -0.1) is 0 Å². The quantitative estimate of drug-likeness (QED) is 0.580. The number of ether oxygens (including phenoxy) is 1. The molecule has 1 aromatic carbocycles. The highest BCUT2D eigenvalue weighted by molar-refractivity contribution is 7.92. The van der Waals surface area contributed by atoms with Crippen LogP contribution in [0.4, 0.5) is 5.69 Å². The molecule has 128 valence electrons. The number of Topliss-reactive ketones (excluding diaryl/α,β-unsaturated/α-hetero) is 1. The molecule has 0 aromatic heterocycles. The summed E-state index contributed by atoms with van der Waals surface area (Å²) in [6, 6.07) is 5.96. The number of benzene rings is 1. The predicted octanol–water partition coefficient (Wildman–Crippen LogP) is 2.61. The van der Waals surface area contributed by atoms with Crippen LogP contribution in [0, 0.1) is 5.92 Å². The molecule has 1 rings (SSSR count). The molecule has 1 atom stereocenters. The van der Waals surface area contributed by atoms with Crippen molar-refractivity contribution in [3.63, 3.8) is 0 Å². The van der Waals surface area contributed by atoms with Crippen LogP contribution < -0.4 is 4.72 Å². The molecule has 0 unspecified atom stereocenters. The molecule has 0 aliphatic heterocycles. The number of hydrogen-bond donors (Lipinski definition) is 1. The third-order valence-electron chi connectivity index (χ3n) is 3.08. The minimum absolute atomic E-state index is 0.284. The van der Waals surface area contributed by atoms with E-state index in [4.69, 9.17) is 4.74 Å². The average Bonchev–Trinajstić information content (AvgIpc) is 2.43. The van der Waals surface area contributed by atoms with E-state index < -0.39 is 22.1 Å². The van der Waals surface area contributed by atoms with Gasteiger partial charge in [-0.25, -0.2) is 8.42 Å². The molecule has 0 aliphatic carbocycles. The number of rotatable bonds is 8. The Hall–Kier alpha value is -1.89. The Morgan fingerprint density at radius 2 is 1.70 bits per heavy atom. The van der Waals surface area contributed by atoms with E-state index in [-0.39, 0.29) is 12.2 Å². The summed E-state index contributed by atoms with van der Waals surface area (Å²) in [7, 11) is -3.36. The Labute approximate surface area is 137 Å². The van der Waals surface area contributed by atoms with Crippen LogP contribution in [0.1, 0.15) is 44.0 Å². The van der Waals surface area contributed by atoms with E-state index in [0.29, 0.717) is 23.6 Å². The molecule has 6 nitrogen and oxygen atoms in total. The lowest BCUT2D eigenvalue weighted by atomic mass is 10.1. The molecule has 0 amide bonds. The maximum atomic E-state index is 12.2. The van der Waals surface area contributed by atoms with Crippen LogP contribution in [0.15, 0.2) is 24.3 Å². The summed E-state index contributed by atoms with van der Waals surface area (Å²) in [5.41, 5.74) is 0.721. The highest BCUT2D eigenvalue weighted by atomic mass is 32.2. The van der Waals surface area contributed by atoms with E-state index in [1.807, 2.05) is 13.8 Å². The highest BCUT2D eigenvalue weighted by Gasteiger charge is 2.19. The van der Waals surface area contributed by atoms with Gasteiger partial charge in [0.1, 0.15) is 0 Å². The van der Waals surface area contributed by atoms with Crippen LogP contribution in [0.3, 0.4) is 0 Å². The third-order valence-corrected chi connectivity index (χ3v) is 3.68. The van der Waals surface area contributed by atoms with Gasteiger partial charge >= 0.3 is 5.97 Å². The number of hydrogen-bond acceptors (Lipinski definition) is 5. The zero-order valence-corrected chi connectivity index (χ0v) is 14.6. The summed E-state index contributed by atoms with van der Waals surface area (Å²) in [6.07, 6.45) is 1.17. The molecule has 23 heavy (non-hydrogen) atoms. The molecule has 0 spiro atoms. The summed E-state index contributed by atoms with van der Waals surface area (Å²) in [5, 5.41) is 0. The van der Waals surface area contributed by atoms with Crippen molar-refractivity contribution >= 4 is 27.5 Å². The standard InChI is InChI=1S/C16H23NO5S/c1-11(2)5-10-15(18)22-12(3)16(19)13-6-8-14(9-7-13)17-23(4,20)21/h6-9,11-12,17H,5,10H2,1-4H3/t12-/m1/s1. The number of anilines is 1. The molecular formula is C16H23NO5S. The largest absolute Gasteiger partial charge is 0.454 e. The second-order valence-corrected chi connectivity index (χ2v) is 7.63. The highest BCUT2D eigenvalue weighted by Crippen LogP contribution is 2.14. The summed E-state index contributed by atoms with van der Waals surface area (Å²) in [4.78, 5) is 23.9. The molecular weight excluding hydrogens is 318 g/mol.